The van der Waals surface area contributed by atoms with Crippen LogP contribution in [0.2, 0.25) is 0 Å². The molecule has 1 aromatic rings. The van der Waals surface area contributed by atoms with Crippen molar-refractivity contribution in [3.8, 4) is 17.2 Å². The van der Waals surface area contributed by atoms with Crippen LogP contribution in [0.15, 0.2) is 12.1 Å². The molecule has 0 saturated heterocycles. The summed E-state index contributed by atoms with van der Waals surface area (Å²) in [5.74, 6) is 0.525. The van der Waals surface area contributed by atoms with Gasteiger partial charge in [0.25, 0.3) is 0 Å². The molecule has 0 aliphatic carbocycles. The summed E-state index contributed by atoms with van der Waals surface area (Å²) < 4.78 is 15.5. The number of rotatable bonds is 6. The quantitative estimate of drug-likeness (QED) is 0.594. The van der Waals surface area contributed by atoms with E-state index in [0.717, 1.165) is 0 Å². The lowest BCUT2D eigenvalue weighted by Crippen LogP contribution is -2.17. The summed E-state index contributed by atoms with van der Waals surface area (Å²) in [6.07, 6.45) is 0. The van der Waals surface area contributed by atoms with Gasteiger partial charge in [-0.25, -0.2) is 4.79 Å². The molecule has 118 valence electrons. The fourth-order valence-corrected chi connectivity index (χ4v) is 1.49. The number of methoxy groups -OCH3 is 3. The van der Waals surface area contributed by atoms with Crippen molar-refractivity contribution < 1.29 is 28.8 Å². The van der Waals surface area contributed by atoms with Crippen LogP contribution in [0.5, 0.6) is 17.2 Å². The van der Waals surface area contributed by atoms with Crippen molar-refractivity contribution in [3.63, 3.8) is 0 Å². The minimum Gasteiger partial charge on any atom is -0.496 e. The van der Waals surface area contributed by atoms with Gasteiger partial charge in [0, 0.05) is 12.1 Å². The zero-order valence-electron chi connectivity index (χ0n) is 13.3. The van der Waals surface area contributed by atoms with Crippen molar-refractivity contribution in [2.24, 2.45) is 5.41 Å². The third kappa shape index (κ3) is 4.82. The molecule has 0 bridgehead atoms. The van der Waals surface area contributed by atoms with Crippen LogP contribution < -0.4 is 14.2 Å². The van der Waals surface area contributed by atoms with E-state index < -0.39 is 5.97 Å². The number of hydrogen-bond acceptors (Lipinski definition) is 6. The summed E-state index contributed by atoms with van der Waals surface area (Å²) in [7, 11) is 4.44. The smallest absolute Gasteiger partial charge is 0.376 e. The van der Waals surface area contributed by atoms with Crippen LogP contribution in [-0.4, -0.2) is 33.9 Å². The van der Waals surface area contributed by atoms with Crippen LogP contribution in [0.25, 0.3) is 0 Å². The predicted octanol–water partition coefficient (Wildman–Crippen LogP) is 2.85. The van der Waals surface area contributed by atoms with Crippen molar-refractivity contribution in [2.45, 2.75) is 20.8 Å². The van der Waals surface area contributed by atoms with Gasteiger partial charge in [0.05, 0.1) is 27.9 Å². The van der Waals surface area contributed by atoms with Crippen molar-refractivity contribution in [1.29, 1.82) is 0 Å². The Morgan fingerprint density at radius 2 is 1.48 bits per heavy atom. The summed E-state index contributed by atoms with van der Waals surface area (Å²) in [5, 5.41) is 0. The maximum Gasteiger partial charge on any atom is 0.376 e. The van der Waals surface area contributed by atoms with E-state index in [-0.39, 0.29) is 17.6 Å². The molecule has 6 nitrogen and oxygen atoms in total. The topological polar surface area (TPSA) is 63.2 Å². The molecule has 21 heavy (non-hydrogen) atoms. The Bertz CT molecular complexity index is 490. The van der Waals surface area contributed by atoms with Crippen LogP contribution in [-0.2, 0) is 9.78 Å². The first-order valence-electron chi connectivity index (χ1n) is 6.46. The highest BCUT2D eigenvalue weighted by Gasteiger charge is 2.21. The number of hydrogen-bond donors (Lipinski definition) is 0. The van der Waals surface area contributed by atoms with Crippen LogP contribution >= 0.6 is 0 Å². The largest absolute Gasteiger partial charge is 0.496 e. The third-order valence-electron chi connectivity index (χ3n) is 2.55. The van der Waals surface area contributed by atoms with Gasteiger partial charge in [0.2, 0.25) is 0 Å². The van der Waals surface area contributed by atoms with Gasteiger partial charge < -0.3 is 14.2 Å². The van der Waals surface area contributed by atoms with E-state index in [1.807, 2.05) is 20.8 Å². The van der Waals surface area contributed by atoms with Crippen LogP contribution in [0.3, 0.4) is 0 Å². The highest BCUT2D eigenvalue weighted by molar-refractivity contribution is 5.93. The molecule has 0 radical (unpaired) electrons. The lowest BCUT2D eigenvalue weighted by Gasteiger charge is -2.17. The first kappa shape index (κ1) is 17.1. The van der Waals surface area contributed by atoms with E-state index in [2.05, 4.69) is 0 Å². The van der Waals surface area contributed by atoms with Gasteiger partial charge in [-0.05, 0) is 5.41 Å². The second kappa shape index (κ2) is 7.17. The van der Waals surface area contributed by atoms with E-state index in [1.165, 1.54) is 27.4 Å². The molecule has 0 aliphatic heterocycles. The molecule has 1 rings (SSSR count). The third-order valence-corrected chi connectivity index (χ3v) is 2.55. The highest BCUT2D eigenvalue weighted by atomic mass is 17.2. The van der Waals surface area contributed by atoms with Gasteiger partial charge in [-0.1, -0.05) is 20.8 Å². The molecule has 0 aliphatic rings. The molecule has 0 heterocycles. The molecule has 0 spiro atoms. The molecule has 0 fully saturated rings. The molecule has 0 aromatic heterocycles. The number of benzene rings is 1. The molecular formula is C15H22O6. The number of carbonyl (C=O) groups excluding carboxylic acids is 1. The van der Waals surface area contributed by atoms with Crippen LogP contribution in [0.1, 0.15) is 31.1 Å². The molecule has 1 aromatic carbocycles. The SMILES string of the molecule is COc1cc(OC)c(C(=O)OOCC(C)(C)C)cc1OC. The maximum atomic E-state index is 12.1. The Labute approximate surface area is 124 Å². The summed E-state index contributed by atoms with van der Waals surface area (Å²) in [5.41, 5.74) is 0.0890. The molecule has 0 amide bonds. The van der Waals surface area contributed by atoms with Crippen LogP contribution in [0, 0.1) is 5.41 Å². The molecule has 0 saturated carbocycles. The number of carbonyl (C=O) groups is 1. The lowest BCUT2D eigenvalue weighted by atomic mass is 9.99. The van der Waals surface area contributed by atoms with Gasteiger partial charge in [-0.3, -0.25) is 4.89 Å². The van der Waals surface area contributed by atoms with Gasteiger partial charge in [0.1, 0.15) is 11.3 Å². The summed E-state index contributed by atoms with van der Waals surface area (Å²) in [6, 6.07) is 3.04. The molecular weight excluding hydrogens is 276 g/mol. The zero-order chi connectivity index (χ0) is 16.0. The van der Waals surface area contributed by atoms with Gasteiger partial charge >= 0.3 is 5.97 Å². The average Bonchev–Trinajstić information content (AvgIpc) is 2.44. The normalized spacial score (nSPS) is 11.0. The van der Waals surface area contributed by atoms with Crippen molar-refractivity contribution >= 4 is 5.97 Å². The Kier molecular flexibility index (Phi) is 5.84. The maximum absolute atomic E-state index is 12.1. The highest BCUT2D eigenvalue weighted by Crippen LogP contribution is 2.35. The van der Waals surface area contributed by atoms with Gasteiger partial charge in [-0.15, -0.1) is 0 Å². The van der Waals surface area contributed by atoms with Crippen LogP contribution in [0.4, 0.5) is 0 Å². The second-order valence-electron chi connectivity index (χ2n) is 5.60. The molecule has 0 N–H and O–H groups in total. The van der Waals surface area contributed by atoms with Crippen molar-refractivity contribution in [2.75, 3.05) is 27.9 Å². The minimum atomic E-state index is -0.656. The lowest BCUT2D eigenvalue weighted by molar-refractivity contribution is -0.255. The Morgan fingerprint density at radius 3 is 1.95 bits per heavy atom. The average molecular weight is 298 g/mol. The van der Waals surface area contributed by atoms with E-state index in [0.29, 0.717) is 17.2 Å². The van der Waals surface area contributed by atoms with E-state index in [1.54, 1.807) is 6.07 Å². The summed E-state index contributed by atoms with van der Waals surface area (Å²) in [6.45, 7) is 6.20. The Balaban J connectivity index is 2.92. The molecule has 6 heteroatoms. The zero-order valence-corrected chi connectivity index (χ0v) is 13.3. The fourth-order valence-electron chi connectivity index (χ4n) is 1.49. The first-order valence-corrected chi connectivity index (χ1v) is 6.46. The predicted molar refractivity (Wildman–Crippen MR) is 76.9 cm³/mol. The van der Waals surface area contributed by atoms with E-state index in [4.69, 9.17) is 24.0 Å². The van der Waals surface area contributed by atoms with Gasteiger partial charge in [0.15, 0.2) is 11.5 Å². The fraction of sp³-hybridized carbons (Fsp3) is 0.533. The van der Waals surface area contributed by atoms with E-state index >= 15 is 0 Å². The van der Waals surface area contributed by atoms with Crippen molar-refractivity contribution in [1.82, 2.24) is 0 Å². The van der Waals surface area contributed by atoms with E-state index in [9.17, 15) is 4.79 Å². The second-order valence-corrected chi connectivity index (χ2v) is 5.60. The molecule has 0 atom stereocenters. The number of ether oxygens (including phenoxy) is 3. The Morgan fingerprint density at radius 1 is 0.952 bits per heavy atom. The summed E-state index contributed by atoms with van der Waals surface area (Å²) >= 11 is 0. The Hall–Kier alpha value is -1.95. The summed E-state index contributed by atoms with van der Waals surface area (Å²) in [4.78, 5) is 21.8. The minimum absolute atomic E-state index is 0.109. The molecule has 0 unspecified atom stereocenters. The van der Waals surface area contributed by atoms with Crippen molar-refractivity contribution in [3.05, 3.63) is 17.7 Å². The van der Waals surface area contributed by atoms with Gasteiger partial charge in [-0.2, -0.15) is 4.89 Å². The monoisotopic (exact) mass is 298 g/mol. The first-order chi connectivity index (χ1) is 9.82. The standard InChI is InChI=1S/C15H22O6/c1-15(2,3)9-20-21-14(16)10-7-12(18-5)13(19-6)8-11(10)17-4/h7-8H,9H2,1-6H3.